The molecule has 0 aromatic carbocycles. The van der Waals surface area contributed by atoms with Crippen molar-refractivity contribution < 1.29 is 9.42 Å². The number of pyridine rings is 1. The van der Waals surface area contributed by atoms with E-state index in [-0.39, 0.29) is 5.69 Å². The van der Waals surface area contributed by atoms with Crippen molar-refractivity contribution in [1.29, 1.82) is 0 Å². The van der Waals surface area contributed by atoms with Crippen molar-refractivity contribution >= 4 is 6.29 Å². The van der Waals surface area contributed by atoms with Crippen LogP contribution in [0.5, 0.6) is 0 Å². The van der Waals surface area contributed by atoms with E-state index >= 15 is 0 Å². The second kappa shape index (κ2) is 3.14. The van der Waals surface area contributed by atoms with Crippen LogP contribution in [0.25, 0.3) is 11.4 Å². The second-order valence-corrected chi connectivity index (χ2v) is 2.33. The van der Waals surface area contributed by atoms with Gasteiger partial charge in [0.05, 0.1) is 5.69 Å². The normalized spacial score (nSPS) is 9.85. The topological polar surface area (TPSA) is 68.9 Å². The summed E-state index contributed by atoms with van der Waals surface area (Å²) in [6.07, 6.45) is 2.19. The highest BCUT2D eigenvalue weighted by Crippen LogP contribution is 2.15. The van der Waals surface area contributed by atoms with Gasteiger partial charge in [-0.2, -0.15) is 0 Å². The fourth-order valence-electron chi connectivity index (χ4n) is 0.953. The maximum absolute atomic E-state index is 10.5. The quantitative estimate of drug-likeness (QED) is 0.635. The highest BCUT2D eigenvalue weighted by atomic mass is 16.6. The van der Waals surface area contributed by atoms with Gasteiger partial charge in [0.2, 0.25) is 0 Å². The van der Waals surface area contributed by atoms with Crippen molar-refractivity contribution in [3.8, 4) is 11.4 Å². The number of aldehydes is 1. The first-order chi connectivity index (χ1) is 6.42. The van der Waals surface area contributed by atoms with E-state index in [0.717, 1.165) is 0 Å². The van der Waals surface area contributed by atoms with Crippen LogP contribution in [0, 0.1) is 0 Å². The molecule has 0 bridgehead atoms. The standard InChI is InChI=1S/C8H5N3O2/c12-5-7-8(11-13-10-7)6-3-1-2-4-9-6/h1-5H. The van der Waals surface area contributed by atoms with Gasteiger partial charge in [-0.25, -0.2) is 4.63 Å². The molecule has 0 aliphatic rings. The summed E-state index contributed by atoms with van der Waals surface area (Å²) < 4.78 is 4.42. The van der Waals surface area contributed by atoms with Crippen LogP contribution in [-0.4, -0.2) is 21.6 Å². The van der Waals surface area contributed by atoms with Crippen LogP contribution in [-0.2, 0) is 0 Å². The summed E-state index contributed by atoms with van der Waals surface area (Å²) in [4.78, 5) is 14.5. The summed E-state index contributed by atoms with van der Waals surface area (Å²) in [6.45, 7) is 0. The van der Waals surface area contributed by atoms with E-state index in [4.69, 9.17) is 0 Å². The summed E-state index contributed by atoms with van der Waals surface area (Å²) >= 11 is 0. The molecule has 0 unspecified atom stereocenters. The van der Waals surface area contributed by atoms with Crippen LogP contribution in [0.3, 0.4) is 0 Å². The number of hydrogen-bond donors (Lipinski definition) is 0. The van der Waals surface area contributed by atoms with Crippen LogP contribution in [0.1, 0.15) is 10.5 Å². The Morgan fingerprint density at radius 3 is 2.92 bits per heavy atom. The average molecular weight is 175 g/mol. The fraction of sp³-hybridized carbons (Fsp3) is 0. The van der Waals surface area contributed by atoms with Gasteiger partial charge in [0.25, 0.3) is 0 Å². The Hall–Kier alpha value is -2.04. The van der Waals surface area contributed by atoms with Crippen LogP contribution in [0.15, 0.2) is 29.0 Å². The zero-order chi connectivity index (χ0) is 9.10. The lowest BCUT2D eigenvalue weighted by atomic mass is 10.2. The Bertz CT molecular complexity index is 410. The average Bonchev–Trinajstić information content (AvgIpc) is 2.67. The number of carbonyl (C=O) groups excluding carboxylic acids is 1. The van der Waals surface area contributed by atoms with Gasteiger partial charge in [-0.1, -0.05) is 6.07 Å². The minimum Gasteiger partial charge on any atom is -0.296 e. The van der Waals surface area contributed by atoms with E-state index in [0.29, 0.717) is 17.7 Å². The Morgan fingerprint density at radius 1 is 1.31 bits per heavy atom. The van der Waals surface area contributed by atoms with Gasteiger partial charge in [-0.15, -0.1) is 0 Å². The third-order valence-corrected chi connectivity index (χ3v) is 1.53. The van der Waals surface area contributed by atoms with Gasteiger partial charge in [0.15, 0.2) is 17.7 Å². The first-order valence-electron chi connectivity index (χ1n) is 3.61. The number of carbonyl (C=O) groups is 1. The van der Waals surface area contributed by atoms with Crippen molar-refractivity contribution in [3.63, 3.8) is 0 Å². The molecule has 2 rings (SSSR count). The Kier molecular flexibility index (Phi) is 1.84. The maximum atomic E-state index is 10.5. The highest BCUT2D eigenvalue weighted by molar-refractivity contribution is 5.81. The van der Waals surface area contributed by atoms with Crippen molar-refractivity contribution in [2.75, 3.05) is 0 Å². The molecule has 2 heterocycles. The molecule has 0 spiro atoms. The lowest BCUT2D eigenvalue weighted by Gasteiger charge is -1.91. The van der Waals surface area contributed by atoms with Crippen LogP contribution in [0.2, 0.25) is 0 Å². The predicted octanol–water partition coefficient (Wildman–Crippen LogP) is 0.944. The SMILES string of the molecule is O=Cc1nonc1-c1ccccn1. The van der Waals surface area contributed by atoms with E-state index in [2.05, 4.69) is 19.9 Å². The summed E-state index contributed by atoms with van der Waals surface area (Å²) in [6, 6.07) is 5.30. The molecule has 0 saturated carbocycles. The molecule has 5 nitrogen and oxygen atoms in total. The summed E-state index contributed by atoms with van der Waals surface area (Å²) in [7, 11) is 0. The van der Waals surface area contributed by atoms with Crippen LogP contribution < -0.4 is 0 Å². The van der Waals surface area contributed by atoms with Crippen LogP contribution in [0.4, 0.5) is 0 Å². The molecule has 2 aromatic rings. The third-order valence-electron chi connectivity index (χ3n) is 1.53. The molecule has 0 radical (unpaired) electrons. The van der Waals surface area contributed by atoms with Crippen LogP contribution >= 0.6 is 0 Å². The molecular weight excluding hydrogens is 170 g/mol. The third kappa shape index (κ3) is 1.31. The van der Waals surface area contributed by atoms with Gasteiger partial charge in [0, 0.05) is 6.20 Å². The van der Waals surface area contributed by atoms with Crippen molar-refractivity contribution in [3.05, 3.63) is 30.1 Å². The molecule has 0 aliphatic heterocycles. The van der Waals surface area contributed by atoms with Gasteiger partial charge < -0.3 is 0 Å². The van der Waals surface area contributed by atoms with E-state index < -0.39 is 0 Å². The van der Waals surface area contributed by atoms with Crippen molar-refractivity contribution in [2.45, 2.75) is 0 Å². The first kappa shape index (κ1) is 7.60. The van der Waals surface area contributed by atoms with E-state index in [9.17, 15) is 4.79 Å². The number of nitrogens with zero attached hydrogens (tertiary/aromatic N) is 3. The summed E-state index contributed by atoms with van der Waals surface area (Å²) in [5.74, 6) is 0. The largest absolute Gasteiger partial charge is 0.296 e. The molecular formula is C8H5N3O2. The highest BCUT2D eigenvalue weighted by Gasteiger charge is 2.11. The van der Waals surface area contributed by atoms with Gasteiger partial charge in [-0.05, 0) is 22.4 Å². The molecule has 0 N–H and O–H groups in total. The molecule has 0 atom stereocenters. The van der Waals surface area contributed by atoms with Gasteiger partial charge in [-0.3, -0.25) is 9.78 Å². The van der Waals surface area contributed by atoms with Crippen molar-refractivity contribution in [2.24, 2.45) is 0 Å². The molecule has 2 aromatic heterocycles. The molecule has 0 fully saturated rings. The lowest BCUT2D eigenvalue weighted by molar-refractivity contribution is 0.111. The summed E-state index contributed by atoms with van der Waals surface area (Å²) in [5.41, 5.74) is 1.11. The van der Waals surface area contributed by atoms with E-state index in [1.807, 2.05) is 0 Å². The minimum absolute atomic E-state index is 0.165. The molecule has 5 heteroatoms. The second-order valence-electron chi connectivity index (χ2n) is 2.33. The Balaban J connectivity index is 2.52. The van der Waals surface area contributed by atoms with Crippen molar-refractivity contribution in [1.82, 2.24) is 15.3 Å². The Labute approximate surface area is 73.4 Å². The van der Waals surface area contributed by atoms with Gasteiger partial charge in [0.1, 0.15) is 0 Å². The molecule has 0 saturated heterocycles. The van der Waals surface area contributed by atoms with E-state index in [1.165, 1.54) is 0 Å². The zero-order valence-corrected chi connectivity index (χ0v) is 6.54. The molecule has 64 valence electrons. The monoisotopic (exact) mass is 175 g/mol. The molecule has 0 amide bonds. The smallest absolute Gasteiger partial charge is 0.177 e. The minimum atomic E-state index is 0.165. The Morgan fingerprint density at radius 2 is 2.23 bits per heavy atom. The predicted molar refractivity (Wildman–Crippen MR) is 42.9 cm³/mol. The fourth-order valence-corrected chi connectivity index (χ4v) is 0.953. The number of hydrogen-bond acceptors (Lipinski definition) is 5. The van der Waals surface area contributed by atoms with E-state index in [1.54, 1.807) is 24.4 Å². The molecule has 0 aliphatic carbocycles. The zero-order valence-electron chi connectivity index (χ0n) is 6.54. The lowest BCUT2D eigenvalue weighted by Crippen LogP contribution is -1.87. The first-order valence-corrected chi connectivity index (χ1v) is 3.61. The number of aromatic nitrogens is 3. The number of rotatable bonds is 2. The maximum Gasteiger partial charge on any atom is 0.177 e. The summed E-state index contributed by atoms with van der Waals surface area (Å²) in [5, 5.41) is 6.99. The van der Waals surface area contributed by atoms with Gasteiger partial charge >= 0.3 is 0 Å². The molecule has 13 heavy (non-hydrogen) atoms.